The summed E-state index contributed by atoms with van der Waals surface area (Å²) >= 11 is 0. The third kappa shape index (κ3) is 3.48. The highest BCUT2D eigenvalue weighted by molar-refractivity contribution is 5.93. The third-order valence-corrected chi connectivity index (χ3v) is 3.66. The van der Waals surface area contributed by atoms with Gasteiger partial charge < -0.3 is 8.98 Å². The van der Waals surface area contributed by atoms with Gasteiger partial charge in [0.05, 0.1) is 6.26 Å². The van der Waals surface area contributed by atoms with Gasteiger partial charge in [0, 0.05) is 18.3 Å². The van der Waals surface area contributed by atoms with Crippen LogP contribution in [-0.4, -0.2) is 10.5 Å². The standard InChI is InChI=1S/C19H18N2O2/c1-14-6-8-16(9-7-14)13-21-11-4-3-5-17(21)20-19(22)18-15(2)10-12-23-18/h3-12H,13H2,1-2H3. The maximum atomic E-state index is 12.3. The number of hydrogen-bond acceptors (Lipinski definition) is 2. The zero-order valence-corrected chi connectivity index (χ0v) is 13.2. The Balaban J connectivity index is 1.94. The summed E-state index contributed by atoms with van der Waals surface area (Å²) in [4.78, 5) is 16.5. The quantitative estimate of drug-likeness (QED) is 0.743. The molecule has 0 radical (unpaired) electrons. The molecule has 3 rings (SSSR count). The lowest BCUT2D eigenvalue weighted by molar-refractivity contribution is 0.0970. The average molecular weight is 306 g/mol. The van der Waals surface area contributed by atoms with Crippen LogP contribution in [0, 0.1) is 13.8 Å². The van der Waals surface area contributed by atoms with Crippen LogP contribution in [0.15, 0.2) is 70.4 Å². The normalized spacial score (nSPS) is 11.7. The van der Waals surface area contributed by atoms with Crippen molar-refractivity contribution in [2.24, 2.45) is 4.99 Å². The minimum absolute atomic E-state index is 0.288. The Hall–Kier alpha value is -2.88. The first kappa shape index (κ1) is 15.0. The van der Waals surface area contributed by atoms with E-state index >= 15 is 0 Å². The molecule has 0 unspecified atom stereocenters. The SMILES string of the molecule is Cc1ccc(Cn2ccccc2=NC(=O)c2occc2C)cc1. The maximum Gasteiger partial charge on any atom is 0.314 e. The Morgan fingerprint density at radius 3 is 2.57 bits per heavy atom. The molecule has 0 saturated carbocycles. The Morgan fingerprint density at radius 1 is 1.09 bits per heavy atom. The van der Waals surface area contributed by atoms with Crippen molar-refractivity contribution in [2.45, 2.75) is 20.4 Å². The van der Waals surface area contributed by atoms with Crippen LogP contribution in [0.1, 0.15) is 27.2 Å². The van der Waals surface area contributed by atoms with Gasteiger partial charge in [-0.3, -0.25) is 4.79 Å². The fourth-order valence-corrected chi connectivity index (χ4v) is 2.34. The van der Waals surface area contributed by atoms with Gasteiger partial charge in [0.2, 0.25) is 0 Å². The first-order valence-electron chi connectivity index (χ1n) is 7.47. The van der Waals surface area contributed by atoms with Gasteiger partial charge in [-0.2, -0.15) is 4.99 Å². The van der Waals surface area contributed by atoms with E-state index in [1.165, 1.54) is 11.8 Å². The van der Waals surface area contributed by atoms with Gasteiger partial charge in [-0.15, -0.1) is 0 Å². The van der Waals surface area contributed by atoms with E-state index in [4.69, 9.17) is 4.42 Å². The van der Waals surface area contributed by atoms with E-state index in [0.717, 1.165) is 11.1 Å². The van der Waals surface area contributed by atoms with Crippen LogP contribution < -0.4 is 5.49 Å². The predicted octanol–water partition coefficient (Wildman–Crippen LogP) is 3.49. The molecule has 4 nitrogen and oxygen atoms in total. The molecule has 0 bridgehead atoms. The van der Waals surface area contributed by atoms with Crippen LogP contribution in [0.2, 0.25) is 0 Å². The van der Waals surface area contributed by atoms with Crippen LogP contribution in [-0.2, 0) is 6.54 Å². The van der Waals surface area contributed by atoms with Gasteiger partial charge in [0.15, 0.2) is 5.76 Å². The summed E-state index contributed by atoms with van der Waals surface area (Å²) in [6, 6.07) is 15.7. The minimum Gasteiger partial charge on any atom is -0.459 e. The summed E-state index contributed by atoms with van der Waals surface area (Å²) in [5, 5.41) is 0. The van der Waals surface area contributed by atoms with Gasteiger partial charge in [0.25, 0.3) is 0 Å². The van der Waals surface area contributed by atoms with E-state index in [1.54, 1.807) is 6.07 Å². The average Bonchev–Trinajstić information content (AvgIpc) is 2.97. The molecule has 1 aromatic carbocycles. The highest BCUT2D eigenvalue weighted by Gasteiger charge is 2.11. The molecule has 0 atom stereocenters. The maximum absolute atomic E-state index is 12.3. The molecular formula is C19H18N2O2. The smallest absolute Gasteiger partial charge is 0.314 e. The van der Waals surface area contributed by atoms with Crippen molar-refractivity contribution in [3.63, 3.8) is 0 Å². The number of amides is 1. The van der Waals surface area contributed by atoms with Gasteiger partial charge in [-0.05, 0) is 37.6 Å². The third-order valence-electron chi connectivity index (χ3n) is 3.66. The summed E-state index contributed by atoms with van der Waals surface area (Å²) in [5.41, 5.74) is 3.78. The fraction of sp³-hybridized carbons (Fsp3) is 0.158. The Morgan fingerprint density at radius 2 is 1.87 bits per heavy atom. The predicted molar refractivity (Wildman–Crippen MR) is 88.1 cm³/mol. The van der Waals surface area contributed by atoms with Gasteiger partial charge in [0.1, 0.15) is 5.49 Å². The van der Waals surface area contributed by atoms with Gasteiger partial charge in [-0.1, -0.05) is 35.9 Å². The molecule has 0 fully saturated rings. The Labute approximate surface area is 134 Å². The summed E-state index contributed by atoms with van der Waals surface area (Å²) in [5.74, 6) is -0.0768. The van der Waals surface area contributed by atoms with Gasteiger partial charge >= 0.3 is 5.91 Å². The first-order valence-corrected chi connectivity index (χ1v) is 7.47. The number of hydrogen-bond donors (Lipinski definition) is 0. The molecule has 1 amide bonds. The number of benzene rings is 1. The van der Waals surface area contributed by atoms with E-state index in [9.17, 15) is 4.79 Å². The van der Waals surface area contributed by atoms with E-state index in [-0.39, 0.29) is 11.7 Å². The lowest BCUT2D eigenvalue weighted by atomic mass is 10.1. The highest BCUT2D eigenvalue weighted by Crippen LogP contribution is 2.09. The number of rotatable bonds is 3. The molecule has 23 heavy (non-hydrogen) atoms. The van der Waals surface area contributed by atoms with Crippen LogP contribution >= 0.6 is 0 Å². The van der Waals surface area contributed by atoms with Crippen LogP contribution in [0.5, 0.6) is 0 Å². The highest BCUT2D eigenvalue weighted by atomic mass is 16.3. The van der Waals surface area contributed by atoms with Crippen molar-refractivity contribution in [3.05, 3.63) is 88.9 Å². The van der Waals surface area contributed by atoms with Gasteiger partial charge in [-0.25, -0.2) is 0 Å². The molecule has 0 aliphatic carbocycles. The number of carbonyl (C=O) groups is 1. The molecule has 0 N–H and O–H groups in total. The summed E-state index contributed by atoms with van der Waals surface area (Å²) < 4.78 is 7.16. The Bertz CT molecular complexity index is 886. The number of furan rings is 1. The van der Waals surface area contributed by atoms with Crippen LogP contribution in [0.4, 0.5) is 0 Å². The fourth-order valence-electron chi connectivity index (χ4n) is 2.34. The molecule has 2 aromatic heterocycles. The summed E-state index contributed by atoms with van der Waals surface area (Å²) in [7, 11) is 0. The number of carbonyl (C=O) groups excluding carboxylic acids is 1. The van der Waals surface area contributed by atoms with Crippen LogP contribution in [0.3, 0.4) is 0 Å². The second-order valence-corrected chi connectivity index (χ2v) is 5.52. The number of pyridine rings is 1. The van der Waals surface area contributed by atoms with E-state index < -0.39 is 0 Å². The molecule has 4 heteroatoms. The summed E-state index contributed by atoms with van der Waals surface area (Å²) in [6.07, 6.45) is 3.42. The zero-order valence-electron chi connectivity index (χ0n) is 13.2. The first-order chi connectivity index (χ1) is 11.1. The number of aromatic nitrogens is 1. The van der Waals surface area contributed by atoms with Crippen molar-refractivity contribution in [2.75, 3.05) is 0 Å². The van der Waals surface area contributed by atoms with Crippen molar-refractivity contribution < 1.29 is 9.21 Å². The van der Waals surface area contributed by atoms with E-state index in [0.29, 0.717) is 12.0 Å². The second-order valence-electron chi connectivity index (χ2n) is 5.52. The van der Waals surface area contributed by atoms with Crippen molar-refractivity contribution in [1.29, 1.82) is 0 Å². The zero-order chi connectivity index (χ0) is 16.2. The molecule has 0 aliphatic heterocycles. The number of aryl methyl sites for hydroxylation is 2. The lowest BCUT2D eigenvalue weighted by Crippen LogP contribution is -2.22. The summed E-state index contributed by atoms with van der Waals surface area (Å²) in [6.45, 7) is 4.55. The van der Waals surface area contributed by atoms with Crippen molar-refractivity contribution >= 4 is 5.91 Å². The molecular weight excluding hydrogens is 288 g/mol. The molecule has 3 aromatic rings. The minimum atomic E-state index is -0.364. The molecule has 0 aliphatic rings. The van der Waals surface area contributed by atoms with E-state index in [1.807, 2.05) is 35.9 Å². The largest absolute Gasteiger partial charge is 0.459 e. The van der Waals surface area contributed by atoms with E-state index in [2.05, 4.69) is 36.2 Å². The Kier molecular flexibility index (Phi) is 4.24. The molecule has 0 spiro atoms. The second kappa shape index (κ2) is 6.48. The number of nitrogens with zero attached hydrogens (tertiary/aromatic N) is 2. The monoisotopic (exact) mass is 306 g/mol. The van der Waals surface area contributed by atoms with Crippen LogP contribution in [0.25, 0.3) is 0 Å². The van der Waals surface area contributed by atoms with Crippen molar-refractivity contribution in [1.82, 2.24) is 4.57 Å². The molecule has 116 valence electrons. The molecule has 0 saturated heterocycles. The topological polar surface area (TPSA) is 47.5 Å². The lowest BCUT2D eigenvalue weighted by Gasteiger charge is -2.07. The van der Waals surface area contributed by atoms with Crippen molar-refractivity contribution in [3.8, 4) is 0 Å². The molecule has 2 heterocycles.